The van der Waals surface area contributed by atoms with E-state index in [0.29, 0.717) is 12.5 Å². The third-order valence-electron chi connectivity index (χ3n) is 2.79. The molecule has 0 amide bonds. The van der Waals surface area contributed by atoms with Crippen molar-refractivity contribution in [2.24, 2.45) is 5.92 Å². The molecular weight excluding hydrogens is 230 g/mol. The van der Waals surface area contributed by atoms with Crippen LogP contribution in [0.3, 0.4) is 0 Å². The molecule has 2 aromatic rings. The highest BCUT2D eigenvalue weighted by Gasteiger charge is 2.07. The highest BCUT2D eigenvalue weighted by Crippen LogP contribution is 2.22. The number of aromatic carboxylic acids is 1. The minimum atomic E-state index is -0.950. The Morgan fingerprint density at radius 1 is 1.39 bits per heavy atom. The average molecular weight is 247 g/mol. The number of hydrogen-bond acceptors (Lipinski definition) is 2. The lowest BCUT2D eigenvalue weighted by molar-refractivity contribution is 0.0691. The van der Waals surface area contributed by atoms with E-state index in [1.807, 2.05) is 18.2 Å². The van der Waals surface area contributed by atoms with Gasteiger partial charge in [0.2, 0.25) is 0 Å². The molecule has 0 radical (unpaired) electrons. The zero-order valence-electron chi connectivity index (χ0n) is 10.6. The molecule has 0 unspecified atom stereocenters. The Kier molecular flexibility index (Phi) is 3.55. The van der Waals surface area contributed by atoms with Crippen LogP contribution < -0.4 is 4.74 Å². The molecule has 0 atom stereocenters. The summed E-state index contributed by atoms with van der Waals surface area (Å²) in [5.41, 5.74) is 1.01. The number of ether oxygens (including phenoxy) is 1. The fraction of sp³-hybridized carbons (Fsp3) is 0.357. The highest BCUT2D eigenvalue weighted by molar-refractivity contribution is 5.94. The van der Waals surface area contributed by atoms with Gasteiger partial charge in [0.15, 0.2) is 0 Å². The van der Waals surface area contributed by atoms with Gasteiger partial charge in [-0.1, -0.05) is 13.8 Å². The smallest absolute Gasteiger partial charge is 0.352 e. The maximum absolute atomic E-state index is 10.8. The monoisotopic (exact) mass is 247 g/mol. The van der Waals surface area contributed by atoms with Crippen LogP contribution in [0.15, 0.2) is 24.3 Å². The second-order valence-corrected chi connectivity index (χ2v) is 4.77. The van der Waals surface area contributed by atoms with E-state index in [1.165, 1.54) is 0 Å². The summed E-state index contributed by atoms with van der Waals surface area (Å²) in [6.07, 6.45) is 1.01. The molecule has 0 saturated heterocycles. The first-order valence-corrected chi connectivity index (χ1v) is 6.05. The lowest BCUT2D eigenvalue weighted by Gasteiger charge is -2.07. The molecule has 96 valence electrons. The molecule has 0 aliphatic carbocycles. The lowest BCUT2D eigenvalue weighted by atomic mass is 10.1. The maximum Gasteiger partial charge on any atom is 0.352 e. The molecule has 4 nitrogen and oxygen atoms in total. The van der Waals surface area contributed by atoms with Crippen LogP contribution in [0.1, 0.15) is 30.8 Å². The van der Waals surface area contributed by atoms with Crippen molar-refractivity contribution < 1.29 is 14.6 Å². The summed E-state index contributed by atoms with van der Waals surface area (Å²) in [7, 11) is 0. The van der Waals surface area contributed by atoms with Crippen LogP contribution in [0.25, 0.3) is 10.9 Å². The zero-order chi connectivity index (χ0) is 13.1. The Morgan fingerprint density at radius 2 is 2.17 bits per heavy atom. The highest BCUT2D eigenvalue weighted by atomic mass is 16.5. The summed E-state index contributed by atoms with van der Waals surface area (Å²) < 4.78 is 5.63. The number of H-pyrrole nitrogens is 1. The normalized spacial score (nSPS) is 11.1. The molecule has 0 aliphatic heterocycles. The molecule has 1 heterocycles. The second kappa shape index (κ2) is 5.12. The van der Waals surface area contributed by atoms with E-state index in [-0.39, 0.29) is 5.69 Å². The molecule has 0 spiro atoms. The molecular formula is C14H17NO3. The predicted molar refractivity (Wildman–Crippen MR) is 70.2 cm³/mol. The number of carbonyl (C=O) groups is 1. The van der Waals surface area contributed by atoms with Crippen molar-refractivity contribution >= 4 is 16.9 Å². The van der Waals surface area contributed by atoms with Crippen molar-refractivity contribution in [1.29, 1.82) is 0 Å². The minimum Gasteiger partial charge on any atom is -0.494 e. The van der Waals surface area contributed by atoms with Crippen LogP contribution in [-0.4, -0.2) is 22.7 Å². The van der Waals surface area contributed by atoms with Crippen molar-refractivity contribution in [3.63, 3.8) is 0 Å². The number of carboxylic acids is 1. The van der Waals surface area contributed by atoms with Crippen molar-refractivity contribution in [2.45, 2.75) is 20.3 Å². The van der Waals surface area contributed by atoms with Gasteiger partial charge in [0, 0.05) is 10.9 Å². The molecule has 18 heavy (non-hydrogen) atoms. The Labute approximate surface area is 106 Å². The average Bonchev–Trinajstić information content (AvgIpc) is 2.71. The number of rotatable bonds is 5. The van der Waals surface area contributed by atoms with E-state index in [4.69, 9.17) is 9.84 Å². The third kappa shape index (κ3) is 2.83. The van der Waals surface area contributed by atoms with Crippen molar-refractivity contribution in [3.05, 3.63) is 30.0 Å². The van der Waals surface area contributed by atoms with Crippen LogP contribution in [-0.2, 0) is 0 Å². The first-order valence-electron chi connectivity index (χ1n) is 6.05. The Hall–Kier alpha value is -1.97. The summed E-state index contributed by atoms with van der Waals surface area (Å²) in [4.78, 5) is 13.7. The lowest BCUT2D eigenvalue weighted by Crippen LogP contribution is -2.00. The van der Waals surface area contributed by atoms with Crippen molar-refractivity contribution in [1.82, 2.24) is 4.98 Å². The number of aromatic amines is 1. The Balaban J connectivity index is 2.14. The van der Waals surface area contributed by atoms with Crippen LogP contribution in [0.5, 0.6) is 5.75 Å². The minimum absolute atomic E-state index is 0.198. The molecule has 0 aliphatic rings. The number of benzene rings is 1. The standard InChI is InChI=1S/C14H17NO3/c1-9(2)5-6-18-11-3-4-12-10(7-11)8-13(15-12)14(16)17/h3-4,7-9,15H,5-6H2,1-2H3,(H,16,17). The van der Waals surface area contributed by atoms with E-state index in [0.717, 1.165) is 23.1 Å². The van der Waals surface area contributed by atoms with Gasteiger partial charge in [-0.05, 0) is 36.6 Å². The number of hydrogen-bond donors (Lipinski definition) is 2. The topological polar surface area (TPSA) is 62.3 Å². The number of aromatic nitrogens is 1. The first kappa shape index (κ1) is 12.5. The maximum atomic E-state index is 10.8. The summed E-state index contributed by atoms with van der Waals surface area (Å²) in [5, 5.41) is 9.75. The quantitative estimate of drug-likeness (QED) is 0.852. The van der Waals surface area contributed by atoms with Crippen molar-refractivity contribution in [3.8, 4) is 5.75 Å². The zero-order valence-corrected chi connectivity index (χ0v) is 10.6. The van der Waals surface area contributed by atoms with E-state index < -0.39 is 5.97 Å². The summed E-state index contributed by atoms with van der Waals surface area (Å²) in [5.74, 6) is 0.437. The number of fused-ring (bicyclic) bond motifs is 1. The molecule has 0 bridgehead atoms. The summed E-state index contributed by atoms with van der Waals surface area (Å²) >= 11 is 0. The van der Waals surface area contributed by atoms with Crippen LogP contribution in [0.4, 0.5) is 0 Å². The second-order valence-electron chi connectivity index (χ2n) is 4.77. The summed E-state index contributed by atoms with van der Waals surface area (Å²) in [6.45, 7) is 4.98. The van der Waals surface area contributed by atoms with Crippen LogP contribution >= 0.6 is 0 Å². The molecule has 1 aromatic carbocycles. The van der Waals surface area contributed by atoms with Gasteiger partial charge in [-0.2, -0.15) is 0 Å². The van der Waals surface area contributed by atoms with Gasteiger partial charge in [0.25, 0.3) is 0 Å². The van der Waals surface area contributed by atoms with Gasteiger partial charge < -0.3 is 14.8 Å². The van der Waals surface area contributed by atoms with Crippen LogP contribution in [0, 0.1) is 5.92 Å². The molecule has 4 heteroatoms. The van der Waals surface area contributed by atoms with Gasteiger partial charge in [-0.15, -0.1) is 0 Å². The van der Waals surface area contributed by atoms with Gasteiger partial charge >= 0.3 is 5.97 Å². The van der Waals surface area contributed by atoms with Crippen LogP contribution in [0.2, 0.25) is 0 Å². The SMILES string of the molecule is CC(C)CCOc1ccc2[nH]c(C(=O)O)cc2c1. The van der Waals surface area contributed by atoms with Gasteiger partial charge in [-0.3, -0.25) is 0 Å². The molecule has 2 rings (SSSR count). The van der Waals surface area contributed by atoms with Gasteiger partial charge in [0.1, 0.15) is 11.4 Å². The fourth-order valence-electron chi connectivity index (χ4n) is 1.73. The summed E-state index contributed by atoms with van der Waals surface area (Å²) in [6, 6.07) is 7.17. The first-order chi connectivity index (χ1) is 8.56. The van der Waals surface area contributed by atoms with E-state index in [2.05, 4.69) is 18.8 Å². The molecule has 1 aromatic heterocycles. The predicted octanol–water partition coefficient (Wildman–Crippen LogP) is 3.29. The van der Waals surface area contributed by atoms with E-state index >= 15 is 0 Å². The van der Waals surface area contributed by atoms with E-state index in [9.17, 15) is 4.79 Å². The number of carboxylic acid groups (broad SMARTS) is 1. The number of nitrogens with one attached hydrogen (secondary N) is 1. The van der Waals surface area contributed by atoms with E-state index in [1.54, 1.807) is 6.07 Å². The van der Waals surface area contributed by atoms with Gasteiger partial charge in [0.05, 0.1) is 6.61 Å². The van der Waals surface area contributed by atoms with Gasteiger partial charge in [-0.25, -0.2) is 4.79 Å². The Morgan fingerprint density at radius 3 is 2.83 bits per heavy atom. The largest absolute Gasteiger partial charge is 0.494 e. The third-order valence-corrected chi connectivity index (χ3v) is 2.79. The molecule has 0 saturated carbocycles. The Bertz CT molecular complexity index is 557. The molecule has 0 fully saturated rings. The van der Waals surface area contributed by atoms with Crippen molar-refractivity contribution in [2.75, 3.05) is 6.61 Å². The molecule has 2 N–H and O–H groups in total. The fourth-order valence-corrected chi connectivity index (χ4v) is 1.73.